The Bertz CT molecular complexity index is 449. The van der Waals surface area contributed by atoms with Crippen LogP contribution >= 0.6 is 15.9 Å². The van der Waals surface area contributed by atoms with E-state index in [1.165, 1.54) is 19.1 Å². The van der Waals surface area contributed by atoms with Crippen LogP contribution in [0.5, 0.6) is 5.88 Å². The summed E-state index contributed by atoms with van der Waals surface area (Å²) in [5, 5.41) is 0. The van der Waals surface area contributed by atoms with Crippen LogP contribution < -0.4 is 4.74 Å². The van der Waals surface area contributed by atoms with Gasteiger partial charge in [-0.05, 0) is 47.3 Å². The number of carbonyl (C=O) groups excluding carboxylic acids is 1. The molecule has 0 aromatic carbocycles. The van der Waals surface area contributed by atoms with Crippen molar-refractivity contribution in [3.05, 3.63) is 33.9 Å². The monoisotopic (exact) mass is 297 g/mol. The zero-order chi connectivity index (χ0) is 11.5. The average molecular weight is 298 g/mol. The van der Waals surface area contributed by atoms with Gasteiger partial charge in [-0.15, -0.1) is 0 Å². The second-order valence-corrected chi connectivity index (χ2v) is 4.65. The topological polar surface area (TPSA) is 39.2 Å². The molecule has 1 fully saturated rings. The molecule has 1 aliphatic rings. The molecule has 0 amide bonds. The lowest BCUT2D eigenvalue weighted by atomic mass is 9.91. The smallest absolute Gasteiger partial charge is 0.224 e. The van der Waals surface area contributed by atoms with E-state index < -0.39 is 0 Å². The summed E-state index contributed by atoms with van der Waals surface area (Å²) in [6, 6.07) is 1.74. The van der Waals surface area contributed by atoms with Crippen molar-refractivity contribution in [3.63, 3.8) is 0 Å². The van der Waals surface area contributed by atoms with Crippen LogP contribution in [0.1, 0.15) is 37.0 Å². The van der Waals surface area contributed by atoms with Gasteiger partial charge in [-0.25, -0.2) is 4.98 Å². The number of ketones is 1. The molecule has 0 saturated heterocycles. The van der Waals surface area contributed by atoms with E-state index in [9.17, 15) is 4.79 Å². The van der Waals surface area contributed by atoms with Gasteiger partial charge in [-0.2, -0.15) is 0 Å². The van der Waals surface area contributed by atoms with Gasteiger partial charge >= 0.3 is 0 Å². The van der Waals surface area contributed by atoms with Crippen molar-refractivity contribution in [3.8, 4) is 5.88 Å². The van der Waals surface area contributed by atoms with E-state index in [4.69, 9.17) is 4.74 Å². The van der Waals surface area contributed by atoms with E-state index >= 15 is 0 Å². The molecule has 4 heteroatoms. The number of pyridine rings is 1. The van der Waals surface area contributed by atoms with Gasteiger partial charge in [0.05, 0.1) is 12.7 Å². The summed E-state index contributed by atoms with van der Waals surface area (Å²) in [6.07, 6.45) is 6.58. The number of halogens is 1. The van der Waals surface area contributed by atoms with Crippen LogP contribution in [0.25, 0.3) is 0 Å². The normalized spacial score (nSPS) is 13.4. The predicted molar refractivity (Wildman–Crippen MR) is 71.5 cm³/mol. The molecule has 0 radical (unpaired) electrons. The molecule has 1 aliphatic carbocycles. The molecule has 1 aromatic heterocycles. The lowest BCUT2D eigenvalue weighted by Crippen LogP contribution is -2.05. The number of aromatic nitrogens is 1. The van der Waals surface area contributed by atoms with Crippen LogP contribution in [0.4, 0.5) is 0 Å². The van der Waals surface area contributed by atoms with Crippen LogP contribution in [-0.4, -0.2) is 17.9 Å². The highest BCUT2D eigenvalue weighted by Crippen LogP contribution is 2.27. The van der Waals surface area contributed by atoms with Crippen molar-refractivity contribution < 1.29 is 9.53 Å². The van der Waals surface area contributed by atoms with E-state index in [-0.39, 0.29) is 13.2 Å². The van der Waals surface area contributed by atoms with Crippen molar-refractivity contribution in [1.82, 2.24) is 4.98 Å². The fraction of sp³-hybridized carbons (Fsp3) is 0.385. The van der Waals surface area contributed by atoms with Crippen LogP contribution in [0.2, 0.25) is 0 Å². The molecule has 0 bridgehead atoms. The van der Waals surface area contributed by atoms with Crippen molar-refractivity contribution in [2.45, 2.75) is 26.7 Å². The van der Waals surface area contributed by atoms with Gasteiger partial charge in [0, 0.05) is 10.7 Å². The van der Waals surface area contributed by atoms with Crippen LogP contribution in [0, 0.1) is 0 Å². The van der Waals surface area contributed by atoms with Gasteiger partial charge in [0.2, 0.25) is 5.88 Å². The van der Waals surface area contributed by atoms with Gasteiger partial charge in [-0.3, -0.25) is 4.79 Å². The molecule has 17 heavy (non-hydrogen) atoms. The third-order valence-electron chi connectivity index (χ3n) is 2.61. The largest absolute Gasteiger partial charge is 0.480 e. The minimum atomic E-state index is -0.0275. The number of hydrogen-bond acceptors (Lipinski definition) is 3. The summed E-state index contributed by atoms with van der Waals surface area (Å²) < 4.78 is 5.85. The molecule has 0 spiro atoms. The number of methoxy groups -OCH3 is 1. The van der Waals surface area contributed by atoms with Crippen molar-refractivity contribution in [1.29, 1.82) is 0 Å². The van der Waals surface area contributed by atoms with Crippen molar-refractivity contribution >= 4 is 21.7 Å². The molecule has 0 atom stereocenters. The highest BCUT2D eigenvalue weighted by Gasteiger charge is 2.15. The number of rotatable bonds is 3. The second kappa shape index (κ2) is 5.96. The molecule has 1 aromatic rings. The number of hydrogen-bond donors (Lipinski definition) is 0. The number of nitrogens with zero attached hydrogens (tertiary/aromatic N) is 1. The Labute approximate surface area is 110 Å². The highest BCUT2D eigenvalue weighted by molar-refractivity contribution is 9.10. The summed E-state index contributed by atoms with van der Waals surface area (Å²) in [7, 11) is 1.52. The molecule has 2 rings (SSSR count). The summed E-state index contributed by atoms with van der Waals surface area (Å²) in [5.41, 5.74) is 1.73. The SMILES string of the molecule is C.COc1ncc(Br)cc1C(=O)C=C1CCC1. The summed E-state index contributed by atoms with van der Waals surface area (Å²) in [5.74, 6) is 0.352. The first kappa shape index (κ1) is 13.9. The zero-order valence-electron chi connectivity index (χ0n) is 9.00. The van der Waals surface area contributed by atoms with Crippen LogP contribution in [-0.2, 0) is 0 Å². The van der Waals surface area contributed by atoms with E-state index in [2.05, 4.69) is 20.9 Å². The van der Waals surface area contributed by atoms with E-state index in [0.29, 0.717) is 11.4 Å². The molecule has 0 N–H and O–H groups in total. The maximum absolute atomic E-state index is 12.0. The average Bonchev–Trinajstić information content (AvgIpc) is 2.23. The first-order valence-electron chi connectivity index (χ1n) is 5.14. The lowest BCUT2D eigenvalue weighted by molar-refractivity contribution is 0.104. The maximum Gasteiger partial charge on any atom is 0.224 e. The number of ether oxygens (including phenoxy) is 1. The van der Waals surface area contributed by atoms with E-state index in [0.717, 1.165) is 17.3 Å². The minimum Gasteiger partial charge on any atom is -0.480 e. The summed E-state index contributed by atoms with van der Waals surface area (Å²) in [6.45, 7) is 0. The molecular formula is C13H16BrNO2. The first-order valence-corrected chi connectivity index (χ1v) is 5.93. The Balaban J connectivity index is 0.00000144. The predicted octanol–water partition coefficient (Wildman–Crippen LogP) is 3.78. The quantitative estimate of drug-likeness (QED) is 0.629. The van der Waals surface area contributed by atoms with E-state index in [1.54, 1.807) is 18.3 Å². The molecule has 92 valence electrons. The third-order valence-corrected chi connectivity index (χ3v) is 3.04. The van der Waals surface area contributed by atoms with Crippen molar-refractivity contribution in [2.75, 3.05) is 7.11 Å². The fourth-order valence-corrected chi connectivity index (χ4v) is 1.89. The molecule has 0 aliphatic heterocycles. The van der Waals surface area contributed by atoms with Crippen LogP contribution in [0.3, 0.4) is 0 Å². The Kier molecular flexibility index (Phi) is 4.87. The fourth-order valence-electron chi connectivity index (χ4n) is 1.55. The van der Waals surface area contributed by atoms with Gasteiger partial charge < -0.3 is 4.74 Å². The minimum absolute atomic E-state index is 0. The number of allylic oxidation sites excluding steroid dienone is 2. The van der Waals surface area contributed by atoms with Gasteiger partial charge in [-0.1, -0.05) is 13.0 Å². The van der Waals surface area contributed by atoms with Gasteiger partial charge in [0.25, 0.3) is 0 Å². The van der Waals surface area contributed by atoms with Crippen molar-refractivity contribution in [2.24, 2.45) is 0 Å². The molecular weight excluding hydrogens is 282 g/mol. The van der Waals surface area contributed by atoms with Gasteiger partial charge in [0.1, 0.15) is 0 Å². The Morgan fingerprint density at radius 1 is 1.53 bits per heavy atom. The lowest BCUT2D eigenvalue weighted by Gasteiger charge is -2.15. The third kappa shape index (κ3) is 3.16. The molecule has 1 saturated carbocycles. The maximum atomic E-state index is 12.0. The van der Waals surface area contributed by atoms with Crippen LogP contribution in [0.15, 0.2) is 28.4 Å². The second-order valence-electron chi connectivity index (χ2n) is 3.73. The van der Waals surface area contributed by atoms with Gasteiger partial charge in [0.15, 0.2) is 5.78 Å². The highest BCUT2D eigenvalue weighted by atomic mass is 79.9. The first-order chi connectivity index (χ1) is 7.70. The zero-order valence-corrected chi connectivity index (χ0v) is 10.6. The Morgan fingerprint density at radius 2 is 2.24 bits per heavy atom. The summed E-state index contributed by atoms with van der Waals surface area (Å²) in [4.78, 5) is 16.0. The standard InChI is InChI=1S/C12H12BrNO2.CH4/c1-16-12-10(6-9(13)7-14-12)11(15)5-8-3-2-4-8;/h5-7H,2-4H2,1H3;1H4. The number of carbonyl (C=O) groups is 1. The summed E-state index contributed by atoms with van der Waals surface area (Å²) >= 11 is 3.30. The Hall–Kier alpha value is -1.16. The Morgan fingerprint density at radius 3 is 2.76 bits per heavy atom. The van der Waals surface area contributed by atoms with E-state index in [1.807, 2.05) is 0 Å². The molecule has 0 unspecified atom stereocenters. The molecule has 1 heterocycles. The molecule has 3 nitrogen and oxygen atoms in total.